The highest BCUT2D eigenvalue weighted by Gasteiger charge is 2.31. The lowest BCUT2D eigenvalue weighted by Gasteiger charge is -2.36. The van der Waals surface area contributed by atoms with Gasteiger partial charge in [-0.05, 0) is 43.6 Å². The molecule has 0 aliphatic carbocycles. The van der Waals surface area contributed by atoms with Gasteiger partial charge in [0.25, 0.3) is 0 Å². The number of nitrogens with zero attached hydrogens (tertiary/aromatic N) is 1. The third kappa shape index (κ3) is 2.85. The van der Waals surface area contributed by atoms with Crippen molar-refractivity contribution in [3.8, 4) is 6.07 Å². The molecule has 0 atom stereocenters. The molecule has 2 rings (SSSR count). The molecule has 0 radical (unpaired) electrons. The first kappa shape index (κ1) is 12.1. The standard InChI is InChI=1S/C14H18N2O/c1-17-14(5-7-16-8-6-14)10-12-3-2-4-13(9-12)11-15/h2-4,9,16H,5-8,10H2,1H3. The summed E-state index contributed by atoms with van der Waals surface area (Å²) in [6, 6.07) is 10.00. The van der Waals surface area contributed by atoms with E-state index in [0.717, 1.165) is 37.9 Å². The quantitative estimate of drug-likeness (QED) is 0.862. The summed E-state index contributed by atoms with van der Waals surface area (Å²) in [6.07, 6.45) is 2.95. The molecule has 1 N–H and O–H groups in total. The van der Waals surface area contributed by atoms with Crippen LogP contribution in [0.5, 0.6) is 0 Å². The summed E-state index contributed by atoms with van der Waals surface area (Å²) in [4.78, 5) is 0. The molecule has 0 aromatic heterocycles. The van der Waals surface area contributed by atoms with E-state index in [4.69, 9.17) is 10.00 Å². The van der Waals surface area contributed by atoms with Crippen molar-refractivity contribution in [3.63, 3.8) is 0 Å². The van der Waals surface area contributed by atoms with Crippen LogP contribution in [0.3, 0.4) is 0 Å². The molecule has 1 aromatic rings. The van der Waals surface area contributed by atoms with E-state index in [2.05, 4.69) is 17.5 Å². The summed E-state index contributed by atoms with van der Waals surface area (Å²) in [5, 5.41) is 12.2. The van der Waals surface area contributed by atoms with Gasteiger partial charge in [0.1, 0.15) is 0 Å². The molecule has 17 heavy (non-hydrogen) atoms. The SMILES string of the molecule is COC1(Cc2cccc(C#N)c2)CCNCC1. The zero-order valence-corrected chi connectivity index (χ0v) is 10.2. The summed E-state index contributed by atoms with van der Waals surface area (Å²) in [5.41, 5.74) is 1.86. The van der Waals surface area contributed by atoms with Crippen molar-refractivity contribution >= 4 is 0 Å². The van der Waals surface area contributed by atoms with Crippen LogP contribution >= 0.6 is 0 Å². The third-order valence-corrected chi connectivity index (χ3v) is 3.53. The van der Waals surface area contributed by atoms with Gasteiger partial charge in [-0.1, -0.05) is 12.1 Å². The average molecular weight is 230 g/mol. The van der Waals surface area contributed by atoms with Crippen LogP contribution in [0.15, 0.2) is 24.3 Å². The zero-order chi connectivity index (χ0) is 12.1. The van der Waals surface area contributed by atoms with Gasteiger partial charge in [0, 0.05) is 13.5 Å². The molecule has 0 saturated carbocycles. The summed E-state index contributed by atoms with van der Waals surface area (Å²) >= 11 is 0. The van der Waals surface area contributed by atoms with Crippen molar-refractivity contribution < 1.29 is 4.74 Å². The van der Waals surface area contributed by atoms with Gasteiger partial charge in [0.05, 0.1) is 17.2 Å². The molecule has 90 valence electrons. The van der Waals surface area contributed by atoms with Crippen molar-refractivity contribution in [1.82, 2.24) is 5.32 Å². The number of piperidine rings is 1. The zero-order valence-electron chi connectivity index (χ0n) is 10.2. The number of methoxy groups -OCH3 is 1. The minimum atomic E-state index is -0.0562. The van der Waals surface area contributed by atoms with E-state index in [-0.39, 0.29) is 5.60 Å². The van der Waals surface area contributed by atoms with E-state index in [1.807, 2.05) is 18.2 Å². The van der Waals surface area contributed by atoms with Crippen molar-refractivity contribution in [1.29, 1.82) is 5.26 Å². The molecule has 3 nitrogen and oxygen atoms in total. The number of hydrogen-bond donors (Lipinski definition) is 1. The van der Waals surface area contributed by atoms with E-state index in [9.17, 15) is 0 Å². The highest BCUT2D eigenvalue weighted by molar-refractivity contribution is 5.33. The molecular formula is C14H18N2O. The van der Waals surface area contributed by atoms with E-state index in [0.29, 0.717) is 0 Å². The molecule has 1 aliphatic heterocycles. The Hall–Kier alpha value is -1.37. The smallest absolute Gasteiger partial charge is 0.0991 e. The van der Waals surface area contributed by atoms with Crippen molar-refractivity contribution in [2.45, 2.75) is 24.9 Å². The fraction of sp³-hybridized carbons (Fsp3) is 0.500. The first-order valence-electron chi connectivity index (χ1n) is 6.03. The summed E-state index contributed by atoms with van der Waals surface area (Å²) in [6.45, 7) is 2.01. The monoisotopic (exact) mass is 230 g/mol. The number of nitrogens with one attached hydrogen (secondary N) is 1. The lowest BCUT2D eigenvalue weighted by molar-refractivity contribution is -0.0333. The first-order valence-corrected chi connectivity index (χ1v) is 6.03. The Kier molecular flexibility index (Phi) is 3.78. The lowest BCUT2D eigenvalue weighted by Crippen LogP contribution is -2.44. The fourth-order valence-corrected chi connectivity index (χ4v) is 2.46. The second-order valence-electron chi connectivity index (χ2n) is 4.63. The minimum absolute atomic E-state index is 0.0562. The first-order chi connectivity index (χ1) is 8.28. The molecule has 1 aliphatic rings. The maximum absolute atomic E-state index is 8.90. The molecule has 0 bridgehead atoms. The Bertz CT molecular complexity index is 416. The van der Waals surface area contributed by atoms with E-state index < -0.39 is 0 Å². The van der Waals surface area contributed by atoms with Crippen molar-refractivity contribution in [2.75, 3.05) is 20.2 Å². The van der Waals surface area contributed by atoms with Crippen LogP contribution in [0.25, 0.3) is 0 Å². The molecule has 1 saturated heterocycles. The lowest BCUT2D eigenvalue weighted by atomic mass is 9.85. The predicted octanol–water partition coefficient (Wildman–Crippen LogP) is 1.87. The van der Waals surface area contributed by atoms with Gasteiger partial charge in [0.2, 0.25) is 0 Å². The average Bonchev–Trinajstić information content (AvgIpc) is 2.40. The van der Waals surface area contributed by atoms with Gasteiger partial charge < -0.3 is 10.1 Å². The molecule has 3 heteroatoms. The normalized spacial score (nSPS) is 18.6. The maximum Gasteiger partial charge on any atom is 0.0991 e. The Morgan fingerprint density at radius 3 is 2.82 bits per heavy atom. The fourth-order valence-electron chi connectivity index (χ4n) is 2.46. The Morgan fingerprint density at radius 1 is 1.41 bits per heavy atom. The highest BCUT2D eigenvalue weighted by Crippen LogP contribution is 2.27. The summed E-state index contributed by atoms with van der Waals surface area (Å²) in [7, 11) is 1.79. The van der Waals surface area contributed by atoms with Gasteiger partial charge in [-0.3, -0.25) is 0 Å². The molecule has 1 heterocycles. The number of benzene rings is 1. The van der Waals surface area contributed by atoms with E-state index in [1.165, 1.54) is 5.56 Å². The van der Waals surface area contributed by atoms with Crippen molar-refractivity contribution in [3.05, 3.63) is 35.4 Å². The van der Waals surface area contributed by atoms with Crippen LogP contribution in [0.4, 0.5) is 0 Å². The van der Waals surface area contributed by atoms with Crippen molar-refractivity contribution in [2.24, 2.45) is 0 Å². The second kappa shape index (κ2) is 5.31. The Morgan fingerprint density at radius 2 is 2.18 bits per heavy atom. The van der Waals surface area contributed by atoms with Crippen LogP contribution in [0, 0.1) is 11.3 Å². The molecule has 1 aromatic carbocycles. The number of hydrogen-bond acceptors (Lipinski definition) is 3. The molecule has 0 amide bonds. The molecule has 0 unspecified atom stereocenters. The van der Waals surface area contributed by atoms with Gasteiger partial charge in [-0.2, -0.15) is 5.26 Å². The molecule has 1 fully saturated rings. The van der Waals surface area contributed by atoms with Crippen LogP contribution in [0.1, 0.15) is 24.0 Å². The second-order valence-corrected chi connectivity index (χ2v) is 4.63. The number of nitriles is 1. The van der Waals surface area contributed by atoms with E-state index >= 15 is 0 Å². The number of rotatable bonds is 3. The largest absolute Gasteiger partial charge is 0.378 e. The molecular weight excluding hydrogens is 212 g/mol. The van der Waals surface area contributed by atoms with Gasteiger partial charge in [-0.15, -0.1) is 0 Å². The maximum atomic E-state index is 8.90. The third-order valence-electron chi connectivity index (χ3n) is 3.53. The van der Waals surface area contributed by atoms with Crippen LogP contribution in [-0.4, -0.2) is 25.8 Å². The Balaban J connectivity index is 2.14. The van der Waals surface area contributed by atoms with Gasteiger partial charge >= 0.3 is 0 Å². The number of ether oxygens (including phenoxy) is 1. The van der Waals surface area contributed by atoms with Crippen LogP contribution in [0.2, 0.25) is 0 Å². The summed E-state index contributed by atoms with van der Waals surface area (Å²) in [5.74, 6) is 0. The van der Waals surface area contributed by atoms with Gasteiger partial charge in [-0.25, -0.2) is 0 Å². The topological polar surface area (TPSA) is 45.0 Å². The minimum Gasteiger partial charge on any atom is -0.378 e. The van der Waals surface area contributed by atoms with Crippen LogP contribution in [-0.2, 0) is 11.2 Å². The van der Waals surface area contributed by atoms with E-state index in [1.54, 1.807) is 7.11 Å². The summed E-state index contributed by atoms with van der Waals surface area (Å²) < 4.78 is 5.73. The molecule has 0 spiro atoms. The predicted molar refractivity (Wildman–Crippen MR) is 66.7 cm³/mol. The Labute approximate surface area is 102 Å². The highest BCUT2D eigenvalue weighted by atomic mass is 16.5. The van der Waals surface area contributed by atoms with Gasteiger partial charge in [0.15, 0.2) is 0 Å². The van der Waals surface area contributed by atoms with Crippen LogP contribution < -0.4 is 5.32 Å².